The van der Waals surface area contributed by atoms with Gasteiger partial charge in [0.05, 0.1) is 0 Å². The molecular formula is C19H26N2. The average molecular weight is 282 g/mol. The summed E-state index contributed by atoms with van der Waals surface area (Å²) in [4.78, 5) is 4.22. The number of benzene rings is 1. The van der Waals surface area contributed by atoms with Crippen LogP contribution in [-0.2, 0) is 12.8 Å². The van der Waals surface area contributed by atoms with Gasteiger partial charge in [-0.25, -0.2) is 0 Å². The summed E-state index contributed by atoms with van der Waals surface area (Å²) in [6.45, 7) is 9.78. The molecule has 1 aromatic carbocycles. The van der Waals surface area contributed by atoms with E-state index < -0.39 is 0 Å². The fourth-order valence-corrected chi connectivity index (χ4v) is 3.09. The SMILES string of the molecule is CCNC(Cc1cccnc1)Cc1c(C)cc(C)cc1C. The van der Waals surface area contributed by atoms with Gasteiger partial charge in [-0.3, -0.25) is 4.98 Å². The van der Waals surface area contributed by atoms with Crippen LogP contribution in [0.4, 0.5) is 0 Å². The maximum absolute atomic E-state index is 4.22. The molecule has 1 heterocycles. The fraction of sp³-hybridized carbons (Fsp3) is 0.421. The lowest BCUT2D eigenvalue weighted by Gasteiger charge is -2.21. The van der Waals surface area contributed by atoms with Gasteiger partial charge in [0, 0.05) is 18.4 Å². The molecule has 0 aliphatic heterocycles. The van der Waals surface area contributed by atoms with Crippen molar-refractivity contribution in [3.05, 3.63) is 64.5 Å². The van der Waals surface area contributed by atoms with E-state index in [1.165, 1.54) is 27.8 Å². The van der Waals surface area contributed by atoms with Gasteiger partial charge in [-0.05, 0) is 68.5 Å². The Kier molecular flexibility index (Phi) is 5.51. The molecule has 0 spiro atoms. The Balaban J connectivity index is 2.17. The number of likely N-dealkylation sites (N-methyl/N-ethyl adjacent to an activating group) is 1. The van der Waals surface area contributed by atoms with Crippen LogP contribution in [0.3, 0.4) is 0 Å². The Morgan fingerprint density at radius 2 is 1.81 bits per heavy atom. The summed E-state index contributed by atoms with van der Waals surface area (Å²) in [5.74, 6) is 0. The van der Waals surface area contributed by atoms with E-state index in [0.717, 1.165) is 19.4 Å². The van der Waals surface area contributed by atoms with Crippen molar-refractivity contribution in [2.75, 3.05) is 6.54 Å². The van der Waals surface area contributed by atoms with Crippen molar-refractivity contribution in [1.82, 2.24) is 10.3 Å². The standard InChI is InChI=1S/C19H26N2/c1-5-21-18(11-17-7-6-8-20-13-17)12-19-15(3)9-14(2)10-16(19)4/h6-10,13,18,21H,5,11-12H2,1-4H3. The molecule has 0 aliphatic rings. The van der Waals surface area contributed by atoms with Crippen LogP contribution in [-0.4, -0.2) is 17.6 Å². The Bertz CT molecular complexity index is 552. The van der Waals surface area contributed by atoms with Crippen molar-refractivity contribution in [2.24, 2.45) is 0 Å². The summed E-state index contributed by atoms with van der Waals surface area (Å²) in [6.07, 6.45) is 5.90. The molecule has 0 aliphatic carbocycles. The molecule has 0 saturated heterocycles. The van der Waals surface area contributed by atoms with E-state index in [2.05, 4.69) is 56.2 Å². The molecule has 0 saturated carbocycles. The van der Waals surface area contributed by atoms with E-state index in [-0.39, 0.29) is 0 Å². The first-order valence-electron chi connectivity index (χ1n) is 7.79. The van der Waals surface area contributed by atoms with Crippen molar-refractivity contribution in [2.45, 2.75) is 46.6 Å². The van der Waals surface area contributed by atoms with Crippen molar-refractivity contribution in [1.29, 1.82) is 0 Å². The second-order valence-corrected chi connectivity index (χ2v) is 5.90. The smallest absolute Gasteiger partial charge is 0.0300 e. The minimum absolute atomic E-state index is 0.458. The number of hydrogen-bond acceptors (Lipinski definition) is 2. The maximum Gasteiger partial charge on any atom is 0.0300 e. The molecule has 0 amide bonds. The first-order chi connectivity index (χ1) is 10.1. The summed E-state index contributed by atoms with van der Waals surface area (Å²) in [5.41, 5.74) is 6.94. The Morgan fingerprint density at radius 3 is 2.38 bits per heavy atom. The summed E-state index contributed by atoms with van der Waals surface area (Å²) in [6, 6.07) is 9.21. The molecule has 112 valence electrons. The Morgan fingerprint density at radius 1 is 1.10 bits per heavy atom. The van der Waals surface area contributed by atoms with Crippen LogP contribution in [0.1, 0.15) is 34.7 Å². The molecule has 2 rings (SSSR count). The van der Waals surface area contributed by atoms with Gasteiger partial charge in [-0.15, -0.1) is 0 Å². The van der Waals surface area contributed by atoms with Gasteiger partial charge in [0.2, 0.25) is 0 Å². The lowest BCUT2D eigenvalue weighted by Crippen LogP contribution is -2.33. The van der Waals surface area contributed by atoms with E-state index in [1.807, 2.05) is 18.5 Å². The molecule has 2 aromatic rings. The van der Waals surface area contributed by atoms with Crippen LogP contribution in [0.2, 0.25) is 0 Å². The van der Waals surface area contributed by atoms with Crippen LogP contribution >= 0.6 is 0 Å². The number of nitrogens with one attached hydrogen (secondary N) is 1. The van der Waals surface area contributed by atoms with Crippen molar-refractivity contribution in [3.8, 4) is 0 Å². The molecule has 0 fully saturated rings. The van der Waals surface area contributed by atoms with Crippen LogP contribution < -0.4 is 5.32 Å². The third-order valence-electron chi connectivity index (χ3n) is 3.99. The number of aromatic nitrogens is 1. The fourth-order valence-electron chi connectivity index (χ4n) is 3.09. The molecule has 0 bridgehead atoms. The predicted octanol–water partition coefficient (Wildman–Crippen LogP) is 3.77. The highest BCUT2D eigenvalue weighted by molar-refractivity contribution is 5.38. The van der Waals surface area contributed by atoms with Crippen LogP contribution in [0.25, 0.3) is 0 Å². The zero-order chi connectivity index (χ0) is 15.2. The van der Waals surface area contributed by atoms with Crippen LogP contribution in [0.5, 0.6) is 0 Å². The number of aryl methyl sites for hydroxylation is 3. The normalized spacial score (nSPS) is 12.4. The minimum atomic E-state index is 0.458. The number of hydrogen-bond donors (Lipinski definition) is 1. The summed E-state index contributed by atoms with van der Waals surface area (Å²) in [7, 11) is 0. The Hall–Kier alpha value is -1.67. The lowest BCUT2D eigenvalue weighted by molar-refractivity contribution is 0.519. The van der Waals surface area contributed by atoms with Gasteiger partial charge in [0.15, 0.2) is 0 Å². The quantitative estimate of drug-likeness (QED) is 0.872. The minimum Gasteiger partial charge on any atom is -0.314 e. The monoisotopic (exact) mass is 282 g/mol. The van der Waals surface area contributed by atoms with Crippen LogP contribution in [0, 0.1) is 20.8 Å². The molecule has 1 aromatic heterocycles. The zero-order valence-electron chi connectivity index (χ0n) is 13.6. The highest BCUT2D eigenvalue weighted by Crippen LogP contribution is 2.19. The van der Waals surface area contributed by atoms with Crippen molar-refractivity contribution in [3.63, 3.8) is 0 Å². The van der Waals surface area contributed by atoms with Gasteiger partial charge in [-0.1, -0.05) is 30.7 Å². The summed E-state index contributed by atoms with van der Waals surface area (Å²) >= 11 is 0. The second kappa shape index (κ2) is 7.37. The Labute approximate surface area is 128 Å². The van der Waals surface area contributed by atoms with Gasteiger partial charge in [0.1, 0.15) is 0 Å². The van der Waals surface area contributed by atoms with Gasteiger partial charge in [-0.2, -0.15) is 0 Å². The molecule has 2 nitrogen and oxygen atoms in total. The third kappa shape index (κ3) is 4.40. The molecular weight excluding hydrogens is 256 g/mol. The topological polar surface area (TPSA) is 24.9 Å². The predicted molar refractivity (Wildman–Crippen MR) is 89.8 cm³/mol. The third-order valence-corrected chi connectivity index (χ3v) is 3.99. The second-order valence-electron chi connectivity index (χ2n) is 5.90. The molecule has 1 unspecified atom stereocenters. The number of rotatable bonds is 6. The first kappa shape index (κ1) is 15.7. The molecule has 2 heteroatoms. The van der Waals surface area contributed by atoms with Gasteiger partial charge < -0.3 is 5.32 Å². The van der Waals surface area contributed by atoms with Gasteiger partial charge in [0.25, 0.3) is 0 Å². The average Bonchev–Trinajstić information content (AvgIpc) is 2.44. The van der Waals surface area contributed by atoms with Crippen molar-refractivity contribution >= 4 is 0 Å². The van der Waals surface area contributed by atoms with E-state index in [1.54, 1.807) is 0 Å². The van der Waals surface area contributed by atoms with E-state index in [9.17, 15) is 0 Å². The van der Waals surface area contributed by atoms with Crippen molar-refractivity contribution < 1.29 is 0 Å². The zero-order valence-corrected chi connectivity index (χ0v) is 13.6. The number of nitrogens with zero attached hydrogens (tertiary/aromatic N) is 1. The first-order valence-corrected chi connectivity index (χ1v) is 7.79. The summed E-state index contributed by atoms with van der Waals surface area (Å²) < 4.78 is 0. The molecule has 1 atom stereocenters. The van der Waals surface area contributed by atoms with Crippen LogP contribution in [0.15, 0.2) is 36.7 Å². The summed E-state index contributed by atoms with van der Waals surface area (Å²) in [5, 5.41) is 3.62. The highest BCUT2D eigenvalue weighted by Gasteiger charge is 2.13. The lowest BCUT2D eigenvalue weighted by atomic mass is 9.92. The largest absolute Gasteiger partial charge is 0.314 e. The van der Waals surface area contributed by atoms with E-state index in [4.69, 9.17) is 0 Å². The molecule has 0 radical (unpaired) electrons. The van der Waals surface area contributed by atoms with E-state index in [0.29, 0.717) is 6.04 Å². The van der Waals surface area contributed by atoms with E-state index >= 15 is 0 Å². The molecule has 21 heavy (non-hydrogen) atoms. The maximum atomic E-state index is 4.22. The molecule has 1 N–H and O–H groups in total. The number of pyridine rings is 1. The van der Waals surface area contributed by atoms with Gasteiger partial charge >= 0.3 is 0 Å². The highest BCUT2D eigenvalue weighted by atomic mass is 14.9.